The second-order valence-corrected chi connectivity index (χ2v) is 6.23. The highest BCUT2D eigenvalue weighted by Crippen LogP contribution is 2.23. The van der Waals surface area contributed by atoms with E-state index in [1.54, 1.807) is 11.6 Å². The molecule has 2 rings (SSSR count). The molecule has 1 atom stereocenters. The molecule has 0 aliphatic rings. The monoisotopic (exact) mass is 346 g/mol. The molecule has 0 spiro atoms. The first kappa shape index (κ1) is 18.8. The molecule has 7 nitrogen and oxygen atoms in total. The predicted molar refractivity (Wildman–Crippen MR) is 94.8 cm³/mol. The number of carbonyl (C=O) groups excluding carboxylic acids is 2. The number of aryl methyl sites for hydroxylation is 3. The summed E-state index contributed by atoms with van der Waals surface area (Å²) in [5, 5.41) is 7.39. The Hall–Kier alpha value is -2.57. The molecule has 0 saturated carbocycles. The first-order valence-corrected chi connectivity index (χ1v) is 8.33. The van der Waals surface area contributed by atoms with Crippen LogP contribution in [0.15, 0.2) is 0 Å². The molecule has 0 radical (unpaired) electrons. The van der Waals surface area contributed by atoms with Gasteiger partial charge in [0.1, 0.15) is 5.69 Å². The van der Waals surface area contributed by atoms with Crippen molar-refractivity contribution in [2.75, 3.05) is 7.11 Å². The van der Waals surface area contributed by atoms with E-state index < -0.39 is 5.97 Å². The maximum Gasteiger partial charge on any atom is 0.339 e. The van der Waals surface area contributed by atoms with Crippen molar-refractivity contribution in [3.63, 3.8) is 0 Å². The second-order valence-electron chi connectivity index (χ2n) is 6.23. The minimum absolute atomic E-state index is 0.199. The molecule has 0 aromatic carbocycles. The standard InChI is InChI=1S/C18H26N4O3/c1-8-13-14(18(24)25-7)9(2)16(20-13)17(23)19-10(3)15-11(4)21-22(6)12(15)5/h10,20H,8H2,1-7H3,(H,19,23). The minimum Gasteiger partial charge on any atom is -0.465 e. The lowest BCUT2D eigenvalue weighted by Crippen LogP contribution is -2.28. The largest absolute Gasteiger partial charge is 0.465 e. The molecule has 1 amide bonds. The molecule has 0 saturated heterocycles. The van der Waals surface area contributed by atoms with Crippen molar-refractivity contribution in [1.29, 1.82) is 0 Å². The zero-order chi connectivity index (χ0) is 18.9. The molecule has 0 aliphatic heterocycles. The zero-order valence-electron chi connectivity index (χ0n) is 15.9. The summed E-state index contributed by atoms with van der Waals surface area (Å²) in [6.45, 7) is 9.50. The maximum absolute atomic E-state index is 12.7. The van der Waals surface area contributed by atoms with Crippen molar-refractivity contribution in [3.8, 4) is 0 Å². The van der Waals surface area contributed by atoms with E-state index in [4.69, 9.17) is 4.74 Å². The van der Waals surface area contributed by atoms with E-state index in [0.29, 0.717) is 28.9 Å². The SMILES string of the molecule is CCc1[nH]c(C(=O)NC(C)c2c(C)nn(C)c2C)c(C)c1C(=O)OC. The summed E-state index contributed by atoms with van der Waals surface area (Å²) in [5.74, 6) is -0.686. The van der Waals surface area contributed by atoms with Crippen molar-refractivity contribution in [1.82, 2.24) is 20.1 Å². The highest BCUT2D eigenvalue weighted by atomic mass is 16.5. The Balaban J connectivity index is 2.32. The third-order valence-corrected chi connectivity index (χ3v) is 4.64. The van der Waals surface area contributed by atoms with Crippen LogP contribution in [0.5, 0.6) is 0 Å². The van der Waals surface area contributed by atoms with Crippen LogP contribution in [0.3, 0.4) is 0 Å². The number of hydrogen-bond donors (Lipinski definition) is 2. The van der Waals surface area contributed by atoms with E-state index in [2.05, 4.69) is 15.4 Å². The number of hydrogen-bond acceptors (Lipinski definition) is 4. The molecule has 7 heteroatoms. The van der Waals surface area contributed by atoms with Gasteiger partial charge in [-0.3, -0.25) is 9.48 Å². The van der Waals surface area contributed by atoms with Crippen molar-refractivity contribution in [3.05, 3.63) is 39.5 Å². The van der Waals surface area contributed by atoms with Crippen LogP contribution in [0.4, 0.5) is 0 Å². The second kappa shape index (κ2) is 7.13. The quantitative estimate of drug-likeness (QED) is 0.814. The summed E-state index contributed by atoms with van der Waals surface area (Å²) in [5.41, 5.74) is 5.05. The third-order valence-electron chi connectivity index (χ3n) is 4.64. The van der Waals surface area contributed by atoms with E-state index in [9.17, 15) is 9.59 Å². The van der Waals surface area contributed by atoms with Crippen molar-refractivity contribution >= 4 is 11.9 Å². The third kappa shape index (κ3) is 3.31. The number of aromatic amines is 1. The molecule has 2 aromatic rings. The molecular formula is C18H26N4O3. The van der Waals surface area contributed by atoms with Gasteiger partial charge < -0.3 is 15.0 Å². The number of esters is 1. The highest BCUT2D eigenvalue weighted by Gasteiger charge is 2.25. The Labute approximate surface area is 147 Å². The van der Waals surface area contributed by atoms with Crippen molar-refractivity contribution in [2.45, 2.75) is 47.1 Å². The summed E-state index contributed by atoms with van der Waals surface area (Å²) >= 11 is 0. The van der Waals surface area contributed by atoms with E-state index in [1.165, 1.54) is 7.11 Å². The Morgan fingerprint density at radius 1 is 1.32 bits per heavy atom. The number of nitrogens with zero attached hydrogens (tertiary/aromatic N) is 2. The van der Waals surface area contributed by atoms with Gasteiger partial charge in [0.15, 0.2) is 0 Å². The van der Waals surface area contributed by atoms with Gasteiger partial charge in [-0.05, 0) is 39.7 Å². The number of H-pyrrole nitrogens is 1. The summed E-state index contributed by atoms with van der Waals surface area (Å²) in [6.07, 6.45) is 0.606. The lowest BCUT2D eigenvalue weighted by molar-refractivity contribution is 0.0599. The van der Waals surface area contributed by atoms with Crippen LogP contribution >= 0.6 is 0 Å². The Morgan fingerprint density at radius 2 is 1.96 bits per heavy atom. The van der Waals surface area contributed by atoms with Crippen LogP contribution < -0.4 is 5.32 Å². The van der Waals surface area contributed by atoms with Gasteiger partial charge in [-0.1, -0.05) is 6.92 Å². The van der Waals surface area contributed by atoms with Gasteiger partial charge in [0.2, 0.25) is 0 Å². The first-order chi connectivity index (χ1) is 11.7. The normalized spacial score (nSPS) is 12.1. The van der Waals surface area contributed by atoms with Gasteiger partial charge in [-0.2, -0.15) is 5.10 Å². The van der Waals surface area contributed by atoms with Gasteiger partial charge in [-0.15, -0.1) is 0 Å². The van der Waals surface area contributed by atoms with E-state index in [-0.39, 0.29) is 11.9 Å². The van der Waals surface area contributed by atoms with Crippen LogP contribution in [0.2, 0.25) is 0 Å². The number of aromatic nitrogens is 3. The van der Waals surface area contributed by atoms with Crippen LogP contribution in [0.1, 0.15) is 68.9 Å². The highest BCUT2D eigenvalue weighted by molar-refractivity contribution is 6.00. The van der Waals surface area contributed by atoms with E-state index >= 15 is 0 Å². The van der Waals surface area contributed by atoms with Gasteiger partial charge in [0.05, 0.1) is 24.4 Å². The fourth-order valence-corrected chi connectivity index (χ4v) is 3.29. The predicted octanol–water partition coefficient (Wildman–Crippen LogP) is 2.51. The molecule has 0 aliphatic carbocycles. The summed E-state index contributed by atoms with van der Waals surface area (Å²) in [4.78, 5) is 27.8. The van der Waals surface area contributed by atoms with Crippen LogP contribution in [-0.2, 0) is 18.2 Å². The van der Waals surface area contributed by atoms with E-state index in [0.717, 1.165) is 17.0 Å². The van der Waals surface area contributed by atoms with Crippen LogP contribution in [0.25, 0.3) is 0 Å². The first-order valence-electron chi connectivity index (χ1n) is 8.33. The molecule has 0 fully saturated rings. The number of rotatable bonds is 5. The Kier molecular flexibility index (Phi) is 5.35. The van der Waals surface area contributed by atoms with Crippen molar-refractivity contribution in [2.24, 2.45) is 7.05 Å². The zero-order valence-corrected chi connectivity index (χ0v) is 15.9. The van der Waals surface area contributed by atoms with Crippen LogP contribution in [-0.4, -0.2) is 33.8 Å². The fraction of sp³-hybridized carbons (Fsp3) is 0.500. The number of methoxy groups -OCH3 is 1. The minimum atomic E-state index is -0.434. The van der Waals surface area contributed by atoms with Crippen molar-refractivity contribution < 1.29 is 14.3 Å². The maximum atomic E-state index is 12.7. The summed E-state index contributed by atoms with van der Waals surface area (Å²) < 4.78 is 6.64. The van der Waals surface area contributed by atoms with Gasteiger partial charge in [0, 0.05) is 24.0 Å². The number of carbonyl (C=O) groups is 2. The molecule has 2 aromatic heterocycles. The number of ether oxygens (including phenoxy) is 1. The molecule has 2 heterocycles. The molecule has 136 valence electrons. The lowest BCUT2D eigenvalue weighted by Gasteiger charge is -2.15. The molecule has 0 bridgehead atoms. The van der Waals surface area contributed by atoms with Gasteiger partial charge in [0.25, 0.3) is 5.91 Å². The molecule has 2 N–H and O–H groups in total. The number of amides is 1. The average molecular weight is 346 g/mol. The molecule has 1 unspecified atom stereocenters. The average Bonchev–Trinajstić information content (AvgIpc) is 3.02. The molecule has 25 heavy (non-hydrogen) atoms. The topological polar surface area (TPSA) is 89.0 Å². The smallest absolute Gasteiger partial charge is 0.339 e. The summed E-state index contributed by atoms with van der Waals surface area (Å²) in [7, 11) is 3.22. The molecular weight excluding hydrogens is 320 g/mol. The lowest BCUT2D eigenvalue weighted by atomic mass is 10.1. The van der Waals surface area contributed by atoms with Crippen LogP contribution in [0, 0.1) is 20.8 Å². The number of nitrogens with one attached hydrogen (secondary N) is 2. The van der Waals surface area contributed by atoms with Gasteiger partial charge >= 0.3 is 5.97 Å². The Bertz CT molecular complexity index is 817. The summed E-state index contributed by atoms with van der Waals surface area (Å²) in [6, 6.07) is -0.199. The van der Waals surface area contributed by atoms with E-state index in [1.807, 2.05) is 34.7 Å². The Morgan fingerprint density at radius 3 is 2.44 bits per heavy atom. The fourth-order valence-electron chi connectivity index (χ4n) is 3.29. The van der Waals surface area contributed by atoms with Gasteiger partial charge in [-0.25, -0.2) is 4.79 Å².